The van der Waals surface area contributed by atoms with Crippen molar-refractivity contribution in [2.24, 2.45) is 0 Å². The monoisotopic (exact) mass is 323 g/mol. The van der Waals surface area contributed by atoms with Gasteiger partial charge in [-0.15, -0.1) is 0 Å². The third-order valence-electron chi connectivity index (χ3n) is 4.89. The molecule has 0 bridgehead atoms. The van der Waals surface area contributed by atoms with Crippen LogP contribution in [0.2, 0.25) is 0 Å². The summed E-state index contributed by atoms with van der Waals surface area (Å²) in [6.07, 6.45) is 7.81. The van der Waals surface area contributed by atoms with Gasteiger partial charge in [-0.1, -0.05) is 13.0 Å². The third-order valence-corrected chi connectivity index (χ3v) is 4.89. The van der Waals surface area contributed by atoms with E-state index in [0.29, 0.717) is 11.6 Å². The molecule has 1 aromatic carbocycles. The molecule has 1 unspecified atom stereocenters. The number of nitrogens with zero attached hydrogens (tertiary/aromatic N) is 3. The van der Waals surface area contributed by atoms with Crippen LogP contribution in [0.15, 0.2) is 52.2 Å². The van der Waals surface area contributed by atoms with Crippen LogP contribution in [0.5, 0.6) is 0 Å². The van der Waals surface area contributed by atoms with Crippen molar-refractivity contribution in [3.8, 4) is 0 Å². The highest BCUT2D eigenvalue weighted by Crippen LogP contribution is 2.25. The van der Waals surface area contributed by atoms with Crippen molar-refractivity contribution >= 4 is 11.0 Å². The van der Waals surface area contributed by atoms with E-state index in [1.807, 2.05) is 30.9 Å². The van der Waals surface area contributed by atoms with E-state index >= 15 is 0 Å². The summed E-state index contributed by atoms with van der Waals surface area (Å²) in [7, 11) is 0. The molecule has 2 aromatic heterocycles. The fraction of sp³-hybridized carbons (Fsp3) is 0.368. The number of rotatable bonds is 4. The SMILES string of the molecule is CCc1ccc2oc(=O)cc(CN3CCC(n4ccnc4)C3)c2c1. The average molecular weight is 323 g/mol. The Morgan fingerprint density at radius 1 is 1.33 bits per heavy atom. The molecule has 3 aromatic rings. The summed E-state index contributed by atoms with van der Waals surface area (Å²) < 4.78 is 7.53. The van der Waals surface area contributed by atoms with Crippen LogP contribution in [-0.4, -0.2) is 27.5 Å². The first kappa shape index (κ1) is 15.1. The van der Waals surface area contributed by atoms with Gasteiger partial charge in [0.15, 0.2) is 0 Å². The van der Waals surface area contributed by atoms with Crippen molar-refractivity contribution in [2.75, 3.05) is 13.1 Å². The summed E-state index contributed by atoms with van der Waals surface area (Å²) in [5.74, 6) is 0. The zero-order valence-electron chi connectivity index (χ0n) is 13.8. The lowest BCUT2D eigenvalue weighted by Gasteiger charge is -2.17. The normalized spacial score (nSPS) is 18.5. The molecule has 1 aliphatic heterocycles. The van der Waals surface area contributed by atoms with Crippen LogP contribution < -0.4 is 5.63 Å². The Bertz CT molecular complexity index is 899. The molecule has 1 saturated heterocycles. The number of fused-ring (bicyclic) bond motifs is 1. The number of likely N-dealkylation sites (tertiary alicyclic amines) is 1. The molecule has 24 heavy (non-hydrogen) atoms. The van der Waals surface area contributed by atoms with E-state index in [1.165, 1.54) is 5.56 Å². The van der Waals surface area contributed by atoms with E-state index in [4.69, 9.17) is 4.42 Å². The maximum Gasteiger partial charge on any atom is 0.336 e. The molecule has 0 spiro atoms. The van der Waals surface area contributed by atoms with Gasteiger partial charge in [0, 0.05) is 49.5 Å². The van der Waals surface area contributed by atoms with Gasteiger partial charge in [0.05, 0.1) is 6.33 Å². The first-order chi connectivity index (χ1) is 11.7. The second-order valence-electron chi connectivity index (χ2n) is 6.46. The molecule has 4 rings (SSSR count). The minimum atomic E-state index is -0.271. The number of hydrogen-bond donors (Lipinski definition) is 0. The lowest BCUT2D eigenvalue weighted by molar-refractivity contribution is 0.316. The summed E-state index contributed by atoms with van der Waals surface area (Å²) in [6.45, 7) is 4.92. The molecule has 1 aliphatic rings. The van der Waals surface area contributed by atoms with Crippen LogP contribution in [0.4, 0.5) is 0 Å². The summed E-state index contributed by atoms with van der Waals surface area (Å²) in [6, 6.07) is 8.20. The molecule has 0 aliphatic carbocycles. The standard InChI is InChI=1S/C19H21N3O2/c1-2-14-3-4-18-17(9-14)15(10-19(23)24-18)11-21-7-5-16(12-21)22-8-6-20-13-22/h3-4,6,8-10,13,16H,2,5,7,11-12H2,1H3. The Balaban J connectivity index is 1.61. The summed E-state index contributed by atoms with van der Waals surface area (Å²) in [5, 5.41) is 1.06. The second kappa shape index (κ2) is 6.24. The van der Waals surface area contributed by atoms with Crippen molar-refractivity contribution in [2.45, 2.75) is 32.4 Å². The van der Waals surface area contributed by atoms with Gasteiger partial charge in [0.1, 0.15) is 5.58 Å². The highest BCUT2D eigenvalue weighted by Gasteiger charge is 2.24. The molecular formula is C19H21N3O2. The minimum absolute atomic E-state index is 0.271. The maximum absolute atomic E-state index is 11.9. The van der Waals surface area contributed by atoms with Crippen LogP contribution >= 0.6 is 0 Å². The van der Waals surface area contributed by atoms with Crippen LogP contribution in [0, 0.1) is 0 Å². The minimum Gasteiger partial charge on any atom is -0.423 e. The van der Waals surface area contributed by atoms with Crippen molar-refractivity contribution in [3.05, 3.63) is 64.5 Å². The zero-order valence-corrected chi connectivity index (χ0v) is 13.8. The van der Waals surface area contributed by atoms with Gasteiger partial charge < -0.3 is 8.98 Å². The number of hydrogen-bond acceptors (Lipinski definition) is 4. The molecule has 0 saturated carbocycles. The van der Waals surface area contributed by atoms with Gasteiger partial charge in [-0.25, -0.2) is 9.78 Å². The molecule has 0 N–H and O–H groups in total. The summed E-state index contributed by atoms with van der Waals surface area (Å²) in [5.41, 5.74) is 2.73. The largest absolute Gasteiger partial charge is 0.423 e. The third kappa shape index (κ3) is 2.87. The van der Waals surface area contributed by atoms with Gasteiger partial charge in [0.2, 0.25) is 0 Å². The number of aromatic nitrogens is 2. The van der Waals surface area contributed by atoms with E-state index in [9.17, 15) is 4.79 Å². The zero-order chi connectivity index (χ0) is 16.5. The topological polar surface area (TPSA) is 51.3 Å². The Morgan fingerprint density at radius 2 is 2.25 bits per heavy atom. The number of imidazole rings is 1. The molecule has 5 heteroatoms. The van der Waals surface area contributed by atoms with Crippen molar-refractivity contribution in [1.29, 1.82) is 0 Å². The fourth-order valence-corrected chi connectivity index (χ4v) is 3.55. The first-order valence-corrected chi connectivity index (χ1v) is 8.48. The summed E-state index contributed by atoms with van der Waals surface area (Å²) in [4.78, 5) is 18.4. The van der Waals surface area contributed by atoms with Crippen LogP contribution in [0.25, 0.3) is 11.0 Å². The predicted molar refractivity (Wildman–Crippen MR) is 93.0 cm³/mol. The Kier molecular flexibility index (Phi) is 3.94. The van der Waals surface area contributed by atoms with Crippen molar-refractivity contribution < 1.29 is 4.42 Å². The molecule has 1 atom stereocenters. The van der Waals surface area contributed by atoms with Gasteiger partial charge >= 0.3 is 5.63 Å². The number of benzene rings is 1. The van der Waals surface area contributed by atoms with Gasteiger partial charge in [0.25, 0.3) is 0 Å². The average Bonchev–Trinajstić information content (AvgIpc) is 3.25. The van der Waals surface area contributed by atoms with Crippen LogP contribution in [0.3, 0.4) is 0 Å². The molecule has 0 radical (unpaired) electrons. The highest BCUT2D eigenvalue weighted by atomic mass is 16.4. The molecular weight excluding hydrogens is 302 g/mol. The van der Waals surface area contributed by atoms with E-state index in [0.717, 1.165) is 43.4 Å². The Hall–Kier alpha value is -2.40. The Morgan fingerprint density at radius 3 is 3.04 bits per heavy atom. The molecule has 1 fully saturated rings. The van der Waals surface area contributed by atoms with Crippen molar-refractivity contribution in [3.63, 3.8) is 0 Å². The first-order valence-electron chi connectivity index (χ1n) is 8.48. The molecule has 124 valence electrons. The fourth-order valence-electron chi connectivity index (χ4n) is 3.55. The molecule has 0 amide bonds. The van der Waals surface area contributed by atoms with Gasteiger partial charge in [-0.05, 0) is 36.1 Å². The quantitative estimate of drug-likeness (QED) is 0.693. The van der Waals surface area contributed by atoms with E-state index < -0.39 is 0 Å². The molecule has 5 nitrogen and oxygen atoms in total. The summed E-state index contributed by atoms with van der Waals surface area (Å²) >= 11 is 0. The smallest absolute Gasteiger partial charge is 0.336 e. The Labute approximate surface area is 140 Å². The van der Waals surface area contributed by atoms with E-state index in [-0.39, 0.29) is 5.63 Å². The van der Waals surface area contributed by atoms with E-state index in [2.05, 4.69) is 27.4 Å². The van der Waals surface area contributed by atoms with Crippen LogP contribution in [-0.2, 0) is 13.0 Å². The maximum atomic E-state index is 11.9. The number of aryl methyl sites for hydroxylation is 1. The second-order valence-corrected chi connectivity index (χ2v) is 6.46. The lowest BCUT2D eigenvalue weighted by atomic mass is 10.1. The molecule has 3 heterocycles. The highest BCUT2D eigenvalue weighted by molar-refractivity contribution is 5.80. The van der Waals surface area contributed by atoms with Gasteiger partial charge in [-0.3, -0.25) is 4.90 Å². The predicted octanol–water partition coefficient (Wildman–Crippen LogP) is 3.00. The van der Waals surface area contributed by atoms with Crippen LogP contribution in [0.1, 0.15) is 30.5 Å². The van der Waals surface area contributed by atoms with Crippen molar-refractivity contribution in [1.82, 2.24) is 14.5 Å². The lowest BCUT2D eigenvalue weighted by Crippen LogP contribution is -2.21. The van der Waals surface area contributed by atoms with E-state index in [1.54, 1.807) is 6.07 Å². The van der Waals surface area contributed by atoms with Gasteiger partial charge in [-0.2, -0.15) is 0 Å².